The molecule has 1 saturated heterocycles. The van der Waals surface area contributed by atoms with Crippen molar-refractivity contribution in [1.82, 2.24) is 10.2 Å². The Balaban J connectivity index is 2.12. The Morgan fingerprint density at radius 2 is 1.57 bits per heavy atom. The second kappa shape index (κ2) is 7.61. The zero-order valence-corrected chi connectivity index (χ0v) is 17.2. The van der Waals surface area contributed by atoms with Crippen molar-refractivity contribution in [3.05, 3.63) is 24.3 Å². The Morgan fingerprint density at radius 3 is 2.07 bits per heavy atom. The molecular weight excluding hydrogens is 362 g/mol. The number of carbonyl (C=O) groups is 4. The van der Waals surface area contributed by atoms with Gasteiger partial charge in [-0.25, -0.2) is 14.6 Å². The van der Waals surface area contributed by atoms with Crippen molar-refractivity contribution >= 4 is 29.4 Å². The lowest BCUT2D eigenvalue weighted by Crippen LogP contribution is -2.50. The molecule has 1 aromatic carbocycles. The molecule has 28 heavy (non-hydrogen) atoms. The Morgan fingerprint density at radius 1 is 1.00 bits per heavy atom. The number of hydrogen-bond donors (Lipinski definition) is 1. The third kappa shape index (κ3) is 4.88. The SMILES string of the molecule is COc1ccc(N2C(=O)C(=O)N(CC(=O)NC(C)(C)CC(C)(C)C)C2=O)cc1. The van der Waals surface area contributed by atoms with E-state index >= 15 is 0 Å². The van der Waals surface area contributed by atoms with E-state index in [1.807, 2.05) is 13.8 Å². The third-order valence-corrected chi connectivity index (χ3v) is 4.14. The standard InChI is InChI=1S/C20H27N3O5/c1-19(2,3)12-20(4,5)21-15(24)11-22-16(25)17(26)23(18(22)27)13-7-9-14(28-6)10-8-13/h7-10H,11-12H2,1-6H3,(H,21,24). The molecule has 0 aliphatic carbocycles. The molecule has 0 atom stereocenters. The smallest absolute Gasteiger partial charge is 0.339 e. The van der Waals surface area contributed by atoms with E-state index in [0.717, 1.165) is 4.90 Å². The van der Waals surface area contributed by atoms with Crippen LogP contribution in [-0.2, 0) is 14.4 Å². The van der Waals surface area contributed by atoms with E-state index in [1.54, 1.807) is 12.1 Å². The van der Waals surface area contributed by atoms with Gasteiger partial charge in [0.2, 0.25) is 5.91 Å². The van der Waals surface area contributed by atoms with Crippen LogP contribution in [0.4, 0.5) is 10.5 Å². The quantitative estimate of drug-likeness (QED) is 0.595. The number of amides is 5. The highest BCUT2D eigenvalue weighted by Crippen LogP contribution is 2.27. The minimum absolute atomic E-state index is 0.0167. The van der Waals surface area contributed by atoms with Crippen LogP contribution in [0.3, 0.4) is 0 Å². The lowest BCUT2D eigenvalue weighted by molar-refractivity contribution is -0.140. The van der Waals surface area contributed by atoms with Crippen molar-refractivity contribution in [1.29, 1.82) is 0 Å². The first-order chi connectivity index (χ1) is 12.8. The van der Waals surface area contributed by atoms with Gasteiger partial charge in [-0.15, -0.1) is 0 Å². The van der Waals surface area contributed by atoms with Crippen molar-refractivity contribution in [3.8, 4) is 5.75 Å². The predicted molar refractivity (Wildman–Crippen MR) is 104 cm³/mol. The number of nitrogens with zero attached hydrogens (tertiary/aromatic N) is 2. The van der Waals surface area contributed by atoms with Crippen LogP contribution in [0.5, 0.6) is 5.75 Å². The number of nitrogens with one attached hydrogen (secondary N) is 1. The number of urea groups is 1. The number of hydrogen-bond acceptors (Lipinski definition) is 5. The van der Waals surface area contributed by atoms with E-state index in [2.05, 4.69) is 26.1 Å². The van der Waals surface area contributed by atoms with Crippen LogP contribution in [0.25, 0.3) is 0 Å². The molecule has 1 aliphatic heterocycles. The van der Waals surface area contributed by atoms with E-state index in [4.69, 9.17) is 4.74 Å². The first kappa shape index (κ1) is 21.4. The number of ether oxygens (including phenoxy) is 1. The van der Waals surface area contributed by atoms with Crippen LogP contribution < -0.4 is 15.0 Å². The summed E-state index contributed by atoms with van der Waals surface area (Å²) in [5, 5.41) is 2.83. The first-order valence-electron chi connectivity index (χ1n) is 9.00. The Labute approximate surface area is 164 Å². The molecule has 0 radical (unpaired) electrons. The minimum Gasteiger partial charge on any atom is -0.497 e. The molecule has 0 spiro atoms. The maximum Gasteiger partial charge on any atom is 0.339 e. The number of carbonyl (C=O) groups excluding carboxylic acids is 4. The maximum atomic E-state index is 12.6. The van der Waals surface area contributed by atoms with Crippen molar-refractivity contribution in [2.45, 2.75) is 46.6 Å². The summed E-state index contributed by atoms with van der Waals surface area (Å²) in [6, 6.07) is 5.30. The van der Waals surface area contributed by atoms with E-state index in [0.29, 0.717) is 17.1 Å². The van der Waals surface area contributed by atoms with Gasteiger partial charge < -0.3 is 10.1 Å². The molecule has 1 aliphatic rings. The summed E-state index contributed by atoms with van der Waals surface area (Å²) in [7, 11) is 1.49. The van der Waals surface area contributed by atoms with E-state index < -0.39 is 35.8 Å². The molecule has 0 saturated carbocycles. The summed E-state index contributed by atoms with van der Waals surface area (Å²) in [5.74, 6) is -1.96. The highest BCUT2D eigenvalue weighted by Gasteiger charge is 2.46. The molecule has 0 unspecified atom stereocenters. The van der Waals surface area contributed by atoms with Crippen LogP contribution in [0.15, 0.2) is 24.3 Å². The van der Waals surface area contributed by atoms with Gasteiger partial charge >= 0.3 is 17.8 Å². The van der Waals surface area contributed by atoms with Crippen LogP contribution in [0, 0.1) is 5.41 Å². The van der Waals surface area contributed by atoms with Gasteiger partial charge in [-0.2, -0.15) is 0 Å². The zero-order valence-electron chi connectivity index (χ0n) is 17.2. The first-order valence-corrected chi connectivity index (χ1v) is 9.00. The molecule has 8 heteroatoms. The monoisotopic (exact) mass is 389 g/mol. The summed E-state index contributed by atoms with van der Waals surface area (Å²) in [4.78, 5) is 51.0. The molecule has 1 N–H and O–H groups in total. The van der Waals surface area contributed by atoms with E-state index in [-0.39, 0.29) is 11.1 Å². The zero-order chi connectivity index (χ0) is 21.3. The molecule has 0 aromatic heterocycles. The van der Waals surface area contributed by atoms with Crippen LogP contribution in [0.1, 0.15) is 41.0 Å². The number of benzene rings is 1. The fourth-order valence-electron chi connectivity index (χ4n) is 3.53. The second-order valence-corrected chi connectivity index (χ2v) is 8.68. The molecule has 2 rings (SSSR count). The van der Waals surface area contributed by atoms with Gasteiger partial charge in [0.25, 0.3) is 0 Å². The maximum absolute atomic E-state index is 12.6. The van der Waals surface area contributed by atoms with Crippen LogP contribution >= 0.6 is 0 Å². The number of anilines is 1. The average molecular weight is 389 g/mol. The van der Waals surface area contributed by atoms with Gasteiger partial charge in [0, 0.05) is 5.54 Å². The minimum atomic E-state index is -1.02. The third-order valence-electron chi connectivity index (χ3n) is 4.14. The summed E-state index contributed by atoms with van der Waals surface area (Å²) < 4.78 is 5.04. The molecule has 1 fully saturated rings. The van der Waals surface area contributed by atoms with Crippen molar-refractivity contribution in [2.24, 2.45) is 5.41 Å². The normalized spacial score (nSPS) is 15.3. The molecule has 8 nitrogen and oxygen atoms in total. The van der Waals surface area contributed by atoms with E-state index in [9.17, 15) is 19.2 Å². The largest absolute Gasteiger partial charge is 0.497 e. The Bertz CT molecular complexity index is 793. The van der Waals surface area contributed by atoms with Gasteiger partial charge in [-0.3, -0.25) is 14.4 Å². The molecule has 0 bridgehead atoms. The number of methoxy groups -OCH3 is 1. The summed E-state index contributed by atoms with van der Waals surface area (Å²) >= 11 is 0. The molecule has 1 heterocycles. The van der Waals surface area contributed by atoms with Crippen molar-refractivity contribution < 1.29 is 23.9 Å². The summed E-state index contributed by atoms with van der Waals surface area (Å²) in [5.41, 5.74) is -0.307. The lowest BCUT2D eigenvalue weighted by atomic mass is 9.82. The lowest BCUT2D eigenvalue weighted by Gasteiger charge is -2.33. The molecule has 152 valence electrons. The Hall–Kier alpha value is -2.90. The van der Waals surface area contributed by atoms with Gasteiger partial charge in [0.15, 0.2) is 0 Å². The highest BCUT2D eigenvalue weighted by atomic mass is 16.5. The fourth-order valence-corrected chi connectivity index (χ4v) is 3.53. The summed E-state index contributed by atoms with van der Waals surface area (Å²) in [6.07, 6.45) is 0.699. The van der Waals surface area contributed by atoms with E-state index in [1.165, 1.54) is 19.2 Å². The van der Waals surface area contributed by atoms with Gasteiger partial charge in [0.1, 0.15) is 12.3 Å². The predicted octanol–water partition coefficient (Wildman–Crippen LogP) is 2.32. The van der Waals surface area contributed by atoms with Gasteiger partial charge in [-0.05, 0) is 49.9 Å². The average Bonchev–Trinajstić information content (AvgIpc) is 2.76. The number of rotatable bonds is 6. The Kier molecular flexibility index (Phi) is 5.82. The highest BCUT2D eigenvalue weighted by molar-refractivity contribution is 6.53. The van der Waals surface area contributed by atoms with Crippen LogP contribution in [0.2, 0.25) is 0 Å². The molecular formula is C20H27N3O5. The van der Waals surface area contributed by atoms with Crippen molar-refractivity contribution in [3.63, 3.8) is 0 Å². The summed E-state index contributed by atoms with van der Waals surface area (Å²) in [6.45, 7) is 9.40. The van der Waals surface area contributed by atoms with Crippen molar-refractivity contribution in [2.75, 3.05) is 18.6 Å². The molecule has 1 aromatic rings. The fraction of sp³-hybridized carbons (Fsp3) is 0.500. The second-order valence-electron chi connectivity index (χ2n) is 8.68. The molecule has 5 amide bonds. The van der Waals surface area contributed by atoms with Gasteiger partial charge in [-0.1, -0.05) is 20.8 Å². The van der Waals surface area contributed by atoms with Crippen LogP contribution in [-0.4, -0.2) is 47.8 Å². The van der Waals surface area contributed by atoms with Gasteiger partial charge in [0.05, 0.1) is 12.8 Å². The number of imide groups is 2. The topological polar surface area (TPSA) is 96.0 Å².